The molecular formula is C17H27N3OS. The number of nitrogens with zero attached hydrogens (tertiary/aromatic N) is 3. The van der Waals surface area contributed by atoms with Crippen LogP contribution < -0.4 is 0 Å². The molecular weight excluding hydrogens is 294 g/mol. The number of hydrogen-bond donors (Lipinski definition) is 0. The van der Waals surface area contributed by atoms with E-state index in [1.165, 1.54) is 30.7 Å². The van der Waals surface area contributed by atoms with E-state index in [1.54, 1.807) is 11.3 Å². The Morgan fingerprint density at radius 3 is 2.45 bits per heavy atom. The first-order chi connectivity index (χ1) is 10.6. The molecule has 1 aliphatic heterocycles. The average molecular weight is 321 g/mol. The van der Waals surface area contributed by atoms with E-state index in [4.69, 9.17) is 0 Å². The number of carbonyl (C=O) groups excluding carboxylic acids is 1. The molecule has 1 atom stereocenters. The Kier molecular flexibility index (Phi) is 5.11. The third-order valence-electron chi connectivity index (χ3n) is 4.87. The highest BCUT2D eigenvalue weighted by Gasteiger charge is 2.29. The maximum Gasteiger partial charge on any atom is 0.222 e. The van der Waals surface area contributed by atoms with Crippen LogP contribution in [0.15, 0.2) is 0 Å². The predicted molar refractivity (Wildman–Crippen MR) is 89.1 cm³/mol. The van der Waals surface area contributed by atoms with Crippen molar-refractivity contribution in [2.75, 3.05) is 13.1 Å². The van der Waals surface area contributed by atoms with Crippen molar-refractivity contribution in [2.24, 2.45) is 5.92 Å². The van der Waals surface area contributed by atoms with Gasteiger partial charge in [-0.2, -0.15) is 0 Å². The van der Waals surface area contributed by atoms with Gasteiger partial charge >= 0.3 is 0 Å². The average Bonchev–Trinajstić information content (AvgIpc) is 3.18. The highest BCUT2D eigenvalue weighted by atomic mass is 32.1. The predicted octanol–water partition coefficient (Wildman–Crippen LogP) is 3.95. The second-order valence-electron chi connectivity index (χ2n) is 7.24. The van der Waals surface area contributed by atoms with E-state index in [2.05, 4.69) is 24.0 Å². The summed E-state index contributed by atoms with van der Waals surface area (Å²) in [7, 11) is 0. The molecule has 0 N–H and O–H groups in total. The zero-order chi connectivity index (χ0) is 15.5. The number of aromatic nitrogens is 2. The van der Waals surface area contributed by atoms with Gasteiger partial charge in [-0.1, -0.05) is 26.7 Å². The van der Waals surface area contributed by atoms with E-state index < -0.39 is 0 Å². The molecule has 1 aromatic rings. The standard InChI is InChI=1S/C17H27N3OS/c1-12(2)10-15(21)20-9-5-8-14(11-20)17-19-18-16(22-17)13-6-3-4-7-13/h12-14H,3-11H2,1-2H3. The van der Waals surface area contributed by atoms with Crippen molar-refractivity contribution in [3.63, 3.8) is 0 Å². The van der Waals surface area contributed by atoms with Crippen LogP contribution in [0.25, 0.3) is 0 Å². The second kappa shape index (κ2) is 7.07. The van der Waals surface area contributed by atoms with E-state index in [0.29, 0.717) is 30.1 Å². The van der Waals surface area contributed by atoms with Crippen LogP contribution in [-0.2, 0) is 4.79 Å². The number of hydrogen-bond acceptors (Lipinski definition) is 4. The third-order valence-corrected chi connectivity index (χ3v) is 6.12. The van der Waals surface area contributed by atoms with Gasteiger partial charge in [0.05, 0.1) is 0 Å². The first-order valence-electron chi connectivity index (χ1n) is 8.74. The van der Waals surface area contributed by atoms with Gasteiger partial charge in [-0.3, -0.25) is 4.79 Å². The molecule has 0 bridgehead atoms. The van der Waals surface area contributed by atoms with Crippen molar-refractivity contribution in [3.8, 4) is 0 Å². The van der Waals surface area contributed by atoms with Gasteiger partial charge in [0, 0.05) is 31.3 Å². The molecule has 1 aliphatic carbocycles. The molecule has 3 rings (SSSR count). The first kappa shape index (κ1) is 15.9. The van der Waals surface area contributed by atoms with E-state index in [0.717, 1.165) is 30.9 Å². The molecule has 1 aromatic heterocycles. The zero-order valence-corrected chi connectivity index (χ0v) is 14.6. The van der Waals surface area contributed by atoms with E-state index in [9.17, 15) is 4.79 Å². The van der Waals surface area contributed by atoms with Crippen molar-refractivity contribution < 1.29 is 4.79 Å². The Hall–Kier alpha value is -0.970. The zero-order valence-electron chi connectivity index (χ0n) is 13.8. The Morgan fingerprint density at radius 2 is 1.77 bits per heavy atom. The molecule has 2 aliphatic rings. The Morgan fingerprint density at radius 1 is 1.14 bits per heavy atom. The van der Waals surface area contributed by atoms with Crippen LogP contribution in [0.4, 0.5) is 0 Å². The van der Waals surface area contributed by atoms with Crippen molar-refractivity contribution in [3.05, 3.63) is 10.0 Å². The summed E-state index contributed by atoms with van der Waals surface area (Å²) in [5.74, 6) is 1.79. The van der Waals surface area contributed by atoms with Crippen molar-refractivity contribution in [2.45, 2.75) is 70.6 Å². The maximum atomic E-state index is 12.3. The fraction of sp³-hybridized carbons (Fsp3) is 0.824. The molecule has 0 spiro atoms. The molecule has 122 valence electrons. The van der Waals surface area contributed by atoms with Gasteiger partial charge in [-0.15, -0.1) is 21.5 Å². The molecule has 4 nitrogen and oxygen atoms in total. The molecule has 2 fully saturated rings. The maximum absolute atomic E-state index is 12.3. The minimum absolute atomic E-state index is 0.306. The van der Waals surface area contributed by atoms with E-state index in [-0.39, 0.29) is 0 Å². The second-order valence-corrected chi connectivity index (χ2v) is 8.28. The minimum Gasteiger partial charge on any atom is -0.342 e. The monoisotopic (exact) mass is 321 g/mol. The van der Waals surface area contributed by atoms with Crippen LogP contribution in [0, 0.1) is 5.92 Å². The number of amides is 1. The summed E-state index contributed by atoms with van der Waals surface area (Å²) in [5, 5.41) is 11.3. The largest absolute Gasteiger partial charge is 0.342 e. The lowest BCUT2D eigenvalue weighted by molar-refractivity contribution is -0.133. The number of carbonyl (C=O) groups is 1. The molecule has 0 aromatic carbocycles. The summed E-state index contributed by atoms with van der Waals surface area (Å²) < 4.78 is 0. The third kappa shape index (κ3) is 3.67. The van der Waals surface area contributed by atoms with Gasteiger partial charge in [-0.05, 0) is 31.6 Å². The van der Waals surface area contributed by atoms with Crippen LogP contribution in [0.5, 0.6) is 0 Å². The highest BCUT2D eigenvalue weighted by Crippen LogP contribution is 2.38. The molecule has 5 heteroatoms. The summed E-state index contributed by atoms with van der Waals surface area (Å²) >= 11 is 1.80. The normalized spacial score (nSPS) is 23.4. The summed E-state index contributed by atoms with van der Waals surface area (Å²) in [6, 6.07) is 0. The van der Waals surface area contributed by atoms with Crippen molar-refractivity contribution >= 4 is 17.2 Å². The van der Waals surface area contributed by atoms with Crippen LogP contribution in [0.2, 0.25) is 0 Å². The molecule has 2 heterocycles. The number of rotatable bonds is 4. The highest BCUT2D eigenvalue weighted by molar-refractivity contribution is 7.11. The molecule has 1 saturated carbocycles. The Bertz CT molecular complexity index is 508. The van der Waals surface area contributed by atoms with Gasteiger partial charge in [0.25, 0.3) is 0 Å². The van der Waals surface area contributed by atoms with Crippen LogP contribution in [0.3, 0.4) is 0 Å². The smallest absolute Gasteiger partial charge is 0.222 e. The summed E-state index contributed by atoms with van der Waals surface area (Å²) in [6.07, 6.45) is 8.12. The first-order valence-corrected chi connectivity index (χ1v) is 9.56. The molecule has 1 saturated heterocycles. The summed E-state index contributed by atoms with van der Waals surface area (Å²) in [4.78, 5) is 14.3. The fourth-order valence-corrected chi connectivity index (χ4v) is 4.77. The molecule has 1 amide bonds. The van der Waals surface area contributed by atoms with Gasteiger partial charge in [-0.25, -0.2) is 0 Å². The Balaban J connectivity index is 1.63. The lowest BCUT2D eigenvalue weighted by Gasteiger charge is -2.32. The van der Waals surface area contributed by atoms with Gasteiger partial charge in [0.1, 0.15) is 10.0 Å². The number of likely N-dealkylation sites (tertiary alicyclic amines) is 1. The van der Waals surface area contributed by atoms with Crippen LogP contribution >= 0.6 is 11.3 Å². The number of piperidine rings is 1. The summed E-state index contributed by atoms with van der Waals surface area (Å²) in [6.45, 7) is 5.97. The van der Waals surface area contributed by atoms with Crippen molar-refractivity contribution in [1.29, 1.82) is 0 Å². The molecule has 0 radical (unpaired) electrons. The van der Waals surface area contributed by atoms with E-state index in [1.807, 2.05) is 4.90 Å². The van der Waals surface area contributed by atoms with Crippen LogP contribution in [-0.4, -0.2) is 34.1 Å². The van der Waals surface area contributed by atoms with Gasteiger partial charge in [0.15, 0.2) is 0 Å². The topological polar surface area (TPSA) is 46.1 Å². The molecule has 22 heavy (non-hydrogen) atoms. The van der Waals surface area contributed by atoms with Gasteiger partial charge in [0.2, 0.25) is 5.91 Å². The SMILES string of the molecule is CC(C)CC(=O)N1CCCC(c2nnc(C3CCCC3)s2)C1. The lowest BCUT2D eigenvalue weighted by Crippen LogP contribution is -2.39. The fourth-order valence-electron chi connectivity index (χ4n) is 3.63. The lowest BCUT2D eigenvalue weighted by atomic mass is 9.98. The molecule has 1 unspecified atom stereocenters. The summed E-state index contributed by atoms with van der Waals surface area (Å²) in [5.41, 5.74) is 0. The quantitative estimate of drug-likeness (QED) is 0.843. The Labute approximate surface area is 137 Å². The van der Waals surface area contributed by atoms with Crippen LogP contribution in [0.1, 0.15) is 80.6 Å². The van der Waals surface area contributed by atoms with E-state index >= 15 is 0 Å². The van der Waals surface area contributed by atoms with Gasteiger partial charge < -0.3 is 4.90 Å². The minimum atomic E-state index is 0.306. The van der Waals surface area contributed by atoms with Crippen molar-refractivity contribution in [1.82, 2.24) is 15.1 Å².